The second-order valence-electron chi connectivity index (χ2n) is 8.31. The summed E-state index contributed by atoms with van der Waals surface area (Å²) in [6, 6.07) is 5.11. The fourth-order valence-electron chi connectivity index (χ4n) is 3.24. The van der Waals surface area contributed by atoms with Crippen LogP contribution >= 0.6 is 0 Å². The molecule has 1 N–H and O–H groups in total. The number of carbonyl (C=O) groups is 2. The highest BCUT2D eigenvalue weighted by Crippen LogP contribution is 2.35. The van der Waals surface area contributed by atoms with Crippen molar-refractivity contribution in [1.82, 2.24) is 9.55 Å². The lowest BCUT2D eigenvalue weighted by molar-refractivity contribution is -0.138. The number of carbonyl (C=O) groups excluding carboxylic acids is 1. The largest absolute Gasteiger partial charge is 0.481 e. The number of carboxylic acids is 1. The highest BCUT2D eigenvalue weighted by atomic mass is 16.7. The molecule has 1 aromatic carbocycles. The van der Waals surface area contributed by atoms with E-state index in [0.717, 1.165) is 12.8 Å². The predicted octanol–water partition coefficient (Wildman–Crippen LogP) is 4.15. The second-order valence-corrected chi connectivity index (χ2v) is 8.31. The van der Waals surface area contributed by atoms with E-state index in [1.54, 1.807) is 45.2 Å². The minimum Gasteiger partial charge on any atom is -0.481 e. The van der Waals surface area contributed by atoms with E-state index in [1.807, 2.05) is 0 Å². The molecule has 0 amide bonds. The van der Waals surface area contributed by atoms with Crippen molar-refractivity contribution in [1.29, 1.82) is 0 Å². The summed E-state index contributed by atoms with van der Waals surface area (Å²) in [7, 11) is 0. The van der Waals surface area contributed by atoms with Crippen molar-refractivity contribution in [2.75, 3.05) is 6.79 Å². The summed E-state index contributed by atoms with van der Waals surface area (Å²) in [5.74, 6) is -0.104. The molecule has 8 nitrogen and oxygen atoms in total. The van der Waals surface area contributed by atoms with E-state index in [0.29, 0.717) is 35.0 Å². The normalized spacial score (nSPS) is 13.9. The van der Waals surface area contributed by atoms with Gasteiger partial charge in [0.15, 0.2) is 11.5 Å². The molecule has 30 heavy (non-hydrogen) atoms. The highest BCUT2D eigenvalue weighted by Gasteiger charge is 2.27. The van der Waals surface area contributed by atoms with Crippen molar-refractivity contribution in [2.45, 2.75) is 64.9 Å². The number of rotatable bonds is 7. The standard InChI is InChI=1S/C22H28N2O6/c1-5-6-7-19-23-15(12-24(19)21(27)30-22(2,3)4)11-16(20(25)26)14-8-9-17-18(10-14)29-13-28-17/h8-10,12,16H,5-7,11,13H2,1-4H3,(H,25,26). The highest BCUT2D eigenvalue weighted by molar-refractivity contribution is 5.77. The molecule has 2 heterocycles. The third-order valence-corrected chi connectivity index (χ3v) is 4.68. The first-order valence-electron chi connectivity index (χ1n) is 10.1. The van der Waals surface area contributed by atoms with Crippen molar-refractivity contribution < 1.29 is 28.9 Å². The summed E-state index contributed by atoms with van der Waals surface area (Å²) in [6.07, 6.45) is 3.64. The first-order chi connectivity index (χ1) is 14.2. The third kappa shape index (κ3) is 5.11. The molecular weight excluding hydrogens is 388 g/mol. The molecule has 0 spiro atoms. The van der Waals surface area contributed by atoms with Crippen LogP contribution in [0.1, 0.15) is 63.5 Å². The number of aromatic nitrogens is 2. The van der Waals surface area contributed by atoms with Crippen LogP contribution < -0.4 is 9.47 Å². The van der Waals surface area contributed by atoms with Crippen molar-refractivity contribution in [3.63, 3.8) is 0 Å². The number of hydrogen-bond acceptors (Lipinski definition) is 6. The van der Waals surface area contributed by atoms with Gasteiger partial charge in [0.2, 0.25) is 6.79 Å². The third-order valence-electron chi connectivity index (χ3n) is 4.68. The molecule has 1 aliphatic rings. The van der Waals surface area contributed by atoms with Crippen molar-refractivity contribution in [2.24, 2.45) is 0 Å². The Labute approximate surface area is 175 Å². The molecule has 1 aromatic heterocycles. The van der Waals surface area contributed by atoms with Crippen molar-refractivity contribution in [3.05, 3.63) is 41.5 Å². The fraction of sp³-hybridized carbons (Fsp3) is 0.500. The van der Waals surface area contributed by atoms with Gasteiger partial charge in [-0.25, -0.2) is 14.3 Å². The first-order valence-corrected chi connectivity index (χ1v) is 10.1. The molecule has 162 valence electrons. The lowest BCUT2D eigenvalue weighted by Gasteiger charge is -2.20. The van der Waals surface area contributed by atoms with Crippen LogP contribution in [-0.4, -0.2) is 39.1 Å². The average Bonchev–Trinajstić information content (AvgIpc) is 3.28. The summed E-state index contributed by atoms with van der Waals surface area (Å²) < 4.78 is 17.5. The quantitative estimate of drug-likeness (QED) is 0.724. The van der Waals surface area contributed by atoms with Crippen LogP contribution in [0, 0.1) is 0 Å². The molecule has 0 radical (unpaired) electrons. The maximum atomic E-state index is 12.6. The van der Waals surface area contributed by atoms with Crippen LogP contribution in [0.25, 0.3) is 0 Å². The number of benzene rings is 1. The molecular formula is C22H28N2O6. The minimum atomic E-state index is -0.976. The monoisotopic (exact) mass is 416 g/mol. The number of carboxylic acid groups (broad SMARTS) is 1. The molecule has 1 aliphatic heterocycles. The number of fused-ring (bicyclic) bond motifs is 1. The van der Waals surface area contributed by atoms with Gasteiger partial charge in [0.25, 0.3) is 0 Å². The topological polar surface area (TPSA) is 99.9 Å². The number of aliphatic carboxylic acids is 1. The van der Waals surface area contributed by atoms with E-state index >= 15 is 0 Å². The average molecular weight is 416 g/mol. The van der Waals surface area contributed by atoms with Gasteiger partial charge in [-0.2, -0.15) is 0 Å². The minimum absolute atomic E-state index is 0.123. The summed E-state index contributed by atoms with van der Waals surface area (Å²) >= 11 is 0. The van der Waals surface area contributed by atoms with Crippen LogP contribution in [0.3, 0.4) is 0 Å². The number of nitrogens with zero attached hydrogens (tertiary/aromatic N) is 2. The Morgan fingerprint density at radius 3 is 2.67 bits per heavy atom. The van der Waals surface area contributed by atoms with Crippen molar-refractivity contribution >= 4 is 12.1 Å². The predicted molar refractivity (Wildman–Crippen MR) is 109 cm³/mol. The van der Waals surface area contributed by atoms with Gasteiger partial charge in [0.05, 0.1) is 11.6 Å². The van der Waals surface area contributed by atoms with E-state index in [9.17, 15) is 14.7 Å². The Morgan fingerprint density at radius 2 is 2.00 bits per heavy atom. The maximum absolute atomic E-state index is 12.6. The van der Waals surface area contributed by atoms with Gasteiger partial charge in [-0.1, -0.05) is 19.4 Å². The Balaban J connectivity index is 1.87. The summed E-state index contributed by atoms with van der Waals surface area (Å²) in [6.45, 7) is 7.58. The molecule has 1 atom stereocenters. The molecule has 1 unspecified atom stereocenters. The molecule has 0 aliphatic carbocycles. The molecule has 0 bridgehead atoms. The lowest BCUT2D eigenvalue weighted by Crippen LogP contribution is -2.27. The van der Waals surface area contributed by atoms with Gasteiger partial charge in [-0.15, -0.1) is 0 Å². The Bertz CT molecular complexity index is 928. The van der Waals surface area contributed by atoms with Gasteiger partial charge in [-0.05, 0) is 44.9 Å². The SMILES string of the molecule is CCCCc1nc(CC(C(=O)O)c2ccc3c(c2)OCO3)cn1C(=O)OC(C)(C)C. The Hall–Kier alpha value is -3.03. The van der Waals surface area contributed by atoms with Gasteiger partial charge in [0, 0.05) is 19.0 Å². The second kappa shape index (κ2) is 8.77. The van der Waals surface area contributed by atoms with Crippen LogP contribution in [-0.2, 0) is 22.4 Å². The molecule has 0 fully saturated rings. The van der Waals surface area contributed by atoms with E-state index in [-0.39, 0.29) is 13.2 Å². The van der Waals surface area contributed by atoms with Crippen LogP contribution in [0.5, 0.6) is 11.5 Å². The number of unbranched alkanes of at least 4 members (excludes halogenated alkanes) is 1. The van der Waals surface area contributed by atoms with E-state index in [4.69, 9.17) is 14.2 Å². The number of aryl methyl sites for hydroxylation is 1. The van der Waals surface area contributed by atoms with Crippen LogP contribution in [0.2, 0.25) is 0 Å². The molecule has 0 saturated carbocycles. The zero-order chi connectivity index (χ0) is 21.9. The first kappa shape index (κ1) is 21.7. The zero-order valence-electron chi connectivity index (χ0n) is 17.8. The number of hydrogen-bond donors (Lipinski definition) is 1. The lowest BCUT2D eigenvalue weighted by atomic mass is 9.94. The molecule has 8 heteroatoms. The number of imidazole rings is 1. The zero-order valence-corrected chi connectivity index (χ0v) is 17.8. The Kier molecular flexibility index (Phi) is 6.34. The summed E-state index contributed by atoms with van der Waals surface area (Å²) in [4.78, 5) is 29.2. The molecule has 0 saturated heterocycles. The van der Waals surface area contributed by atoms with Gasteiger partial charge < -0.3 is 19.3 Å². The van der Waals surface area contributed by atoms with E-state index < -0.39 is 23.6 Å². The fourth-order valence-corrected chi connectivity index (χ4v) is 3.24. The van der Waals surface area contributed by atoms with E-state index in [1.165, 1.54) is 4.57 Å². The maximum Gasteiger partial charge on any atom is 0.419 e. The van der Waals surface area contributed by atoms with Gasteiger partial charge >= 0.3 is 12.1 Å². The smallest absolute Gasteiger partial charge is 0.419 e. The molecule has 3 rings (SSSR count). The van der Waals surface area contributed by atoms with Crippen molar-refractivity contribution in [3.8, 4) is 11.5 Å². The summed E-state index contributed by atoms with van der Waals surface area (Å²) in [5.41, 5.74) is 0.477. The van der Waals surface area contributed by atoms with Gasteiger partial charge in [-0.3, -0.25) is 4.79 Å². The summed E-state index contributed by atoms with van der Waals surface area (Å²) in [5, 5.41) is 9.82. The number of ether oxygens (including phenoxy) is 3. The van der Waals surface area contributed by atoms with Crippen LogP contribution in [0.4, 0.5) is 4.79 Å². The van der Waals surface area contributed by atoms with Gasteiger partial charge in [0.1, 0.15) is 11.4 Å². The van der Waals surface area contributed by atoms with E-state index in [2.05, 4.69) is 11.9 Å². The van der Waals surface area contributed by atoms with Crippen LogP contribution in [0.15, 0.2) is 24.4 Å². The molecule has 2 aromatic rings. The Morgan fingerprint density at radius 1 is 1.27 bits per heavy atom.